The molecule has 2 fully saturated rings. The van der Waals surface area contributed by atoms with E-state index in [4.69, 9.17) is 0 Å². The number of benzene rings is 1. The van der Waals surface area contributed by atoms with Gasteiger partial charge < -0.3 is 10.6 Å². The highest BCUT2D eigenvalue weighted by atomic mass is 32.2. The number of nitrogens with zero attached hydrogens (tertiary/aromatic N) is 1. The van der Waals surface area contributed by atoms with Gasteiger partial charge in [-0.3, -0.25) is 4.79 Å². The Kier molecular flexibility index (Phi) is 5.46. The summed E-state index contributed by atoms with van der Waals surface area (Å²) < 4.78 is 27.3. The molecule has 2 saturated heterocycles. The zero-order valence-corrected chi connectivity index (χ0v) is 15.7. The van der Waals surface area contributed by atoms with Crippen LogP contribution in [0, 0.1) is 17.8 Å². The van der Waals surface area contributed by atoms with E-state index in [1.54, 1.807) is 28.6 Å². The van der Waals surface area contributed by atoms with Crippen molar-refractivity contribution in [1.29, 1.82) is 0 Å². The molecule has 0 aromatic heterocycles. The molecule has 7 heteroatoms. The largest absolute Gasteiger partial charge is 0.352 e. The first kappa shape index (κ1) is 18.4. The van der Waals surface area contributed by atoms with Crippen molar-refractivity contribution in [1.82, 2.24) is 14.9 Å². The fraction of sp³-hybridized carbons (Fsp3) is 0.611. The summed E-state index contributed by atoms with van der Waals surface area (Å²) in [5.74, 6) is 1.07. The Bertz CT molecular complexity index is 704. The van der Waals surface area contributed by atoms with Crippen LogP contribution in [-0.4, -0.2) is 51.4 Å². The van der Waals surface area contributed by atoms with Crippen molar-refractivity contribution in [2.75, 3.05) is 32.7 Å². The monoisotopic (exact) mass is 365 g/mol. The van der Waals surface area contributed by atoms with Gasteiger partial charge in [0.15, 0.2) is 0 Å². The van der Waals surface area contributed by atoms with E-state index >= 15 is 0 Å². The standard InChI is InChI=1S/C18H27N3O3S/c1-13-7-14(2)12-21(11-13)25(23,24)17-5-3-16(4-6-17)18(22)20-10-15-8-19-9-15/h3-6,13-15,19H,7-12H2,1-2H3,(H,20,22). The molecule has 2 aliphatic rings. The lowest BCUT2D eigenvalue weighted by atomic mass is 9.94. The molecular weight excluding hydrogens is 338 g/mol. The summed E-state index contributed by atoms with van der Waals surface area (Å²) in [5.41, 5.74) is 0.492. The van der Waals surface area contributed by atoms with E-state index in [9.17, 15) is 13.2 Å². The minimum absolute atomic E-state index is 0.156. The molecule has 25 heavy (non-hydrogen) atoms. The van der Waals surface area contributed by atoms with Crippen LogP contribution < -0.4 is 10.6 Å². The van der Waals surface area contributed by atoms with Gasteiger partial charge in [0.1, 0.15) is 0 Å². The van der Waals surface area contributed by atoms with Crippen LogP contribution in [0.25, 0.3) is 0 Å². The smallest absolute Gasteiger partial charge is 0.251 e. The van der Waals surface area contributed by atoms with Gasteiger partial charge in [0.25, 0.3) is 5.91 Å². The highest BCUT2D eigenvalue weighted by Crippen LogP contribution is 2.26. The molecule has 1 aromatic carbocycles. The molecule has 6 nitrogen and oxygen atoms in total. The van der Waals surface area contributed by atoms with Crippen molar-refractivity contribution < 1.29 is 13.2 Å². The van der Waals surface area contributed by atoms with E-state index in [-0.39, 0.29) is 10.8 Å². The zero-order valence-electron chi connectivity index (χ0n) is 14.9. The molecule has 0 bridgehead atoms. The first-order valence-electron chi connectivity index (χ1n) is 8.95. The van der Waals surface area contributed by atoms with Crippen LogP contribution in [0.3, 0.4) is 0 Å². The van der Waals surface area contributed by atoms with Crippen molar-refractivity contribution in [3.05, 3.63) is 29.8 Å². The fourth-order valence-electron chi connectivity index (χ4n) is 3.56. The summed E-state index contributed by atoms with van der Waals surface area (Å²) in [5, 5.41) is 6.06. The van der Waals surface area contributed by atoms with Gasteiger partial charge in [0, 0.05) is 44.2 Å². The van der Waals surface area contributed by atoms with E-state index in [1.807, 2.05) is 0 Å². The number of sulfonamides is 1. The maximum absolute atomic E-state index is 12.8. The predicted molar refractivity (Wildman–Crippen MR) is 96.8 cm³/mol. The molecule has 1 aromatic rings. The molecule has 3 rings (SSSR count). The van der Waals surface area contributed by atoms with Crippen molar-refractivity contribution in [3.63, 3.8) is 0 Å². The van der Waals surface area contributed by atoms with Crippen LogP contribution >= 0.6 is 0 Å². The third kappa shape index (κ3) is 4.22. The number of amides is 1. The van der Waals surface area contributed by atoms with Crippen LogP contribution in [0.5, 0.6) is 0 Å². The molecule has 2 atom stereocenters. The summed E-state index contributed by atoms with van der Waals surface area (Å²) in [6.07, 6.45) is 1.06. The number of carbonyl (C=O) groups is 1. The molecule has 138 valence electrons. The SMILES string of the molecule is CC1CC(C)CN(S(=O)(=O)c2ccc(C(=O)NCC3CNC3)cc2)C1. The van der Waals surface area contributed by atoms with Crippen LogP contribution in [0.15, 0.2) is 29.2 Å². The maximum Gasteiger partial charge on any atom is 0.251 e. The molecule has 0 aliphatic carbocycles. The van der Waals surface area contributed by atoms with Crippen molar-refractivity contribution in [2.24, 2.45) is 17.8 Å². The molecule has 0 saturated carbocycles. The maximum atomic E-state index is 12.8. The molecular formula is C18H27N3O3S. The average molecular weight is 365 g/mol. The number of hydrogen-bond donors (Lipinski definition) is 2. The molecule has 2 heterocycles. The second kappa shape index (κ2) is 7.43. The molecule has 0 spiro atoms. The summed E-state index contributed by atoms with van der Waals surface area (Å²) >= 11 is 0. The van der Waals surface area contributed by atoms with Gasteiger partial charge in [-0.05, 0) is 42.5 Å². The topological polar surface area (TPSA) is 78.5 Å². The van der Waals surface area contributed by atoms with E-state index in [0.717, 1.165) is 19.5 Å². The lowest BCUT2D eigenvalue weighted by Crippen LogP contribution is -2.48. The Hall–Kier alpha value is -1.44. The number of hydrogen-bond acceptors (Lipinski definition) is 4. The van der Waals surface area contributed by atoms with E-state index in [1.165, 1.54) is 0 Å². The highest BCUT2D eigenvalue weighted by molar-refractivity contribution is 7.89. The minimum Gasteiger partial charge on any atom is -0.352 e. The number of carbonyl (C=O) groups excluding carboxylic acids is 1. The Balaban J connectivity index is 1.67. The quantitative estimate of drug-likeness (QED) is 0.824. The Labute approximate surface area is 150 Å². The van der Waals surface area contributed by atoms with Crippen molar-refractivity contribution in [2.45, 2.75) is 25.2 Å². The van der Waals surface area contributed by atoms with Gasteiger partial charge in [0.05, 0.1) is 4.90 Å². The van der Waals surface area contributed by atoms with Gasteiger partial charge in [0.2, 0.25) is 10.0 Å². The van der Waals surface area contributed by atoms with Gasteiger partial charge in [-0.25, -0.2) is 8.42 Å². The average Bonchev–Trinajstić information content (AvgIpc) is 2.52. The zero-order chi connectivity index (χ0) is 18.0. The molecule has 2 aliphatic heterocycles. The number of piperidine rings is 1. The van der Waals surface area contributed by atoms with Gasteiger partial charge >= 0.3 is 0 Å². The molecule has 2 unspecified atom stereocenters. The van der Waals surface area contributed by atoms with Crippen LogP contribution in [0.4, 0.5) is 0 Å². The Morgan fingerprint density at radius 1 is 1.16 bits per heavy atom. The number of nitrogens with one attached hydrogen (secondary N) is 2. The molecule has 0 radical (unpaired) electrons. The highest BCUT2D eigenvalue weighted by Gasteiger charge is 2.31. The van der Waals surface area contributed by atoms with E-state index in [2.05, 4.69) is 24.5 Å². The second-order valence-electron chi connectivity index (χ2n) is 7.53. The van der Waals surface area contributed by atoms with Crippen LogP contribution in [0.2, 0.25) is 0 Å². The Morgan fingerprint density at radius 3 is 2.28 bits per heavy atom. The minimum atomic E-state index is -3.50. The number of rotatable bonds is 5. The predicted octanol–water partition coefficient (Wildman–Crippen LogP) is 1.30. The lowest BCUT2D eigenvalue weighted by Gasteiger charge is -2.34. The van der Waals surface area contributed by atoms with E-state index < -0.39 is 10.0 Å². The summed E-state index contributed by atoms with van der Waals surface area (Å²) in [4.78, 5) is 12.4. The summed E-state index contributed by atoms with van der Waals surface area (Å²) in [7, 11) is -3.50. The first-order chi connectivity index (χ1) is 11.9. The lowest BCUT2D eigenvalue weighted by molar-refractivity contribution is 0.0942. The summed E-state index contributed by atoms with van der Waals surface area (Å²) in [6.45, 7) is 7.81. The van der Waals surface area contributed by atoms with Gasteiger partial charge in [-0.15, -0.1) is 0 Å². The van der Waals surface area contributed by atoms with Crippen molar-refractivity contribution >= 4 is 15.9 Å². The van der Waals surface area contributed by atoms with Crippen molar-refractivity contribution in [3.8, 4) is 0 Å². The van der Waals surface area contributed by atoms with Gasteiger partial charge in [-0.2, -0.15) is 4.31 Å². The van der Waals surface area contributed by atoms with Crippen LogP contribution in [0.1, 0.15) is 30.6 Å². The second-order valence-corrected chi connectivity index (χ2v) is 9.46. The van der Waals surface area contributed by atoms with Crippen LogP contribution in [-0.2, 0) is 10.0 Å². The summed E-state index contributed by atoms with van der Waals surface area (Å²) in [6, 6.07) is 6.27. The third-order valence-corrected chi connectivity index (χ3v) is 6.85. The van der Waals surface area contributed by atoms with E-state index in [0.29, 0.717) is 43.0 Å². The third-order valence-electron chi connectivity index (χ3n) is 5.01. The normalized spacial score (nSPS) is 25.4. The molecule has 2 N–H and O–H groups in total. The van der Waals surface area contributed by atoms with Gasteiger partial charge in [-0.1, -0.05) is 13.8 Å². The Morgan fingerprint density at radius 2 is 1.76 bits per heavy atom. The fourth-order valence-corrected chi connectivity index (χ4v) is 5.24. The first-order valence-corrected chi connectivity index (χ1v) is 10.4. The molecule has 1 amide bonds.